The molecule has 2 unspecified atom stereocenters. The molecule has 0 aromatic carbocycles. The lowest BCUT2D eigenvalue weighted by molar-refractivity contribution is -0.0791. The standard InChI is InChI=1S/C16H32N2O/c1-5-16(3)12-14(6-11-19-16)17-13-15(2)7-9-18(4)10-8-15/h14,17H,5-13H2,1-4H3. The second-order valence-corrected chi connectivity index (χ2v) is 7.34. The molecule has 19 heavy (non-hydrogen) atoms. The predicted molar refractivity (Wildman–Crippen MR) is 80.5 cm³/mol. The van der Waals surface area contributed by atoms with E-state index in [9.17, 15) is 0 Å². The number of hydrogen-bond donors (Lipinski definition) is 1. The van der Waals surface area contributed by atoms with Crippen LogP contribution in [0.25, 0.3) is 0 Å². The Kier molecular flexibility index (Phi) is 4.91. The van der Waals surface area contributed by atoms with Crippen LogP contribution in [-0.2, 0) is 4.74 Å². The summed E-state index contributed by atoms with van der Waals surface area (Å²) in [5.74, 6) is 0. The van der Waals surface area contributed by atoms with Gasteiger partial charge in [-0.3, -0.25) is 0 Å². The molecular formula is C16H32N2O. The van der Waals surface area contributed by atoms with Gasteiger partial charge < -0.3 is 15.0 Å². The molecule has 0 spiro atoms. The number of nitrogens with zero attached hydrogens (tertiary/aromatic N) is 1. The van der Waals surface area contributed by atoms with Crippen molar-refractivity contribution in [1.82, 2.24) is 10.2 Å². The molecule has 1 N–H and O–H groups in total. The van der Waals surface area contributed by atoms with Gasteiger partial charge in [-0.05, 0) is 64.6 Å². The van der Waals surface area contributed by atoms with Crippen molar-refractivity contribution in [3.8, 4) is 0 Å². The number of rotatable bonds is 4. The fraction of sp³-hybridized carbons (Fsp3) is 1.00. The van der Waals surface area contributed by atoms with Crippen LogP contribution in [0, 0.1) is 5.41 Å². The fourth-order valence-corrected chi connectivity index (χ4v) is 3.28. The van der Waals surface area contributed by atoms with E-state index < -0.39 is 0 Å². The summed E-state index contributed by atoms with van der Waals surface area (Å²) in [5.41, 5.74) is 0.594. The number of ether oxygens (including phenoxy) is 1. The largest absolute Gasteiger partial charge is 0.375 e. The van der Waals surface area contributed by atoms with Gasteiger partial charge in [0.2, 0.25) is 0 Å². The van der Waals surface area contributed by atoms with E-state index in [1.54, 1.807) is 0 Å². The van der Waals surface area contributed by atoms with E-state index in [0.29, 0.717) is 11.5 Å². The Morgan fingerprint density at radius 1 is 1.26 bits per heavy atom. The monoisotopic (exact) mass is 268 g/mol. The molecule has 0 aromatic rings. The number of likely N-dealkylation sites (tertiary alicyclic amines) is 1. The second-order valence-electron chi connectivity index (χ2n) is 7.34. The molecule has 0 amide bonds. The van der Waals surface area contributed by atoms with Crippen molar-refractivity contribution in [1.29, 1.82) is 0 Å². The van der Waals surface area contributed by atoms with Crippen molar-refractivity contribution in [3.05, 3.63) is 0 Å². The number of nitrogens with one attached hydrogen (secondary N) is 1. The van der Waals surface area contributed by atoms with Gasteiger partial charge in [-0.2, -0.15) is 0 Å². The fourth-order valence-electron chi connectivity index (χ4n) is 3.28. The van der Waals surface area contributed by atoms with Crippen LogP contribution in [0.4, 0.5) is 0 Å². The quantitative estimate of drug-likeness (QED) is 0.848. The molecule has 2 atom stereocenters. The normalized spacial score (nSPS) is 36.3. The van der Waals surface area contributed by atoms with E-state index in [0.717, 1.165) is 13.0 Å². The number of hydrogen-bond acceptors (Lipinski definition) is 3. The zero-order chi connectivity index (χ0) is 13.9. The molecule has 0 bridgehead atoms. The summed E-state index contributed by atoms with van der Waals surface area (Å²) in [6.45, 7) is 11.5. The molecular weight excluding hydrogens is 236 g/mol. The van der Waals surface area contributed by atoms with E-state index in [2.05, 4.69) is 38.0 Å². The van der Waals surface area contributed by atoms with E-state index in [1.165, 1.54) is 45.3 Å². The van der Waals surface area contributed by atoms with Crippen LogP contribution in [0.1, 0.15) is 52.9 Å². The molecule has 2 aliphatic heterocycles. The molecule has 2 aliphatic rings. The maximum atomic E-state index is 5.93. The molecule has 2 heterocycles. The van der Waals surface area contributed by atoms with E-state index in [-0.39, 0.29) is 5.60 Å². The first-order chi connectivity index (χ1) is 8.95. The minimum atomic E-state index is 0.101. The van der Waals surface area contributed by atoms with Crippen molar-refractivity contribution in [2.24, 2.45) is 5.41 Å². The molecule has 3 heteroatoms. The molecule has 3 nitrogen and oxygen atoms in total. The Bertz CT molecular complexity index is 286. The van der Waals surface area contributed by atoms with E-state index >= 15 is 0 Å². The molecule has 0 saturated carbocycles. The molecule has 0 aromatic heterocycles. The van der Waals surface area contributed by atoms with Crippen LogP contribution in [0.15, 0.2) is 0 Å². The zero-order valence-electron chi connectivity index (χ0n) is 13.3. The van der Waals surface area contributed by atoms with Crippen LogP contribution in [0.2, 0.25) is 0 Å². The van der Waals surface area contributed by atoms with Crippen molar-refractivity contribution >= 4 is 0 Å². The van der Waals surface area contributed by atoms with Gasteiger partial charge in [-0.25, -0.2) is 0 Å². The molecule has 0 aliphatic carbocycles. The van der Waals surface area contributed by atoms with E-state index in [4.69, 9.17) is 4.74 Å². The van der Waals surface area contributed by atoms with Crippen LogP contribution in [-0.4, -0.2) is 49.8 Å². The first kappa shape index (κ1) is 15.3. The maximum absolute atomic E-state index is 5.93. The van der Waals surface area contributed by atoms with Gasteiger partial charge in [-0.1, -0.05) is 13.8 Å². The topological polar surface area (TPSA) is 24.5 Å². The first-order valence-corrected chi connectivity index (χ1v) is 8.01. The average Bonchev–Trinajstić information content (AvgIpc) is 2.41. The molecule has 112 valence electrons. The van der Waals surface area contributed by atoms with Crippen molar-refractivity contribution in [2.45, 2.75) is 64.5 Å². The lowest BCUT2D eigenvalue weighted by Crippen LogP contribution is -2.49. The second kappa shape index (κ2) is 6.11. The third-order valence-electron chi connectivity index (χ3n) is 5.35. The minimum absolute atomic E-state index is 0.101. The maximum Gasteiger partial charge on any atom is 0.0666 e. The van der Waals surface area contributed by atoms with Crippen LogP contribution < -0.4 is 5.32 Å². The summed E-state index contributed by atoms with van der Waals surface area (Å²) in [7, 11) is 2.23. The third kappa shape index (κ3) is 4.17. The van der Waals surface area contributed by atoms with Gasteiger partial charge in [-0.15, -0.1) is 0 Å². The molecule has 2 fully saturated rings. The molecule has 2 rings (SSSR count). The Labute approximate surface area is 119 Å². The van der Waals surface area contributed by atoms with Gasteiger partial charge in [0.05, 0.1) is 5.60 Å². The Morgan fingerprint density at radius 3 is 2.58 bits per heavy atom. The smallest absolute Gasteiger partial charge is 0.0666 e. The Morgan fingerprint density at radius 2 is 1.95 bits per heavy atom. The lowest BCUT2D eigenvalue weighted by Gasteiger charge is -2.42. The zero-order valence-corrected chi connectivity index (χ0v) is 13.3. The van der Waals surface area contributed by atoms with Crippen molar-refractivity contribution < 1.29 is 4.74 Å². The lowest BCUT2D eigenvalue weighted by atomic mass is 9.80. The third-order valence-corrected chi connectivity index (χ3v) is 5.35. The van der Waals surface area contributed by atoms with E-state index in [1.807, 2.05) is 0 Å². The van der Waals surface area contributed by atoms with Gasteiger partial charge in [0.1, 0.15) is 0 Å². The highest BCUT2D eigenvalue weighted by molar-refractivity contribution is 4.89. The summed E-state index contributed by atoms with van der Waals surface area (Å²) in [6, 6.07) is 0.648. The van der Waals surface area contributed by atoms with Crippen LogP contribution >= 0.6 is 0 Å². The van der Waals surface area contributed by atoms with Gasteiger partial charge in [0, 0.05) is 19.2 Å². The molecule has 2 saturated heterocycles. The SMILES string of the molecule is CCC1(C)CC(NCC2(C)CCN(C)CC2)CCO1. The van der Waals surface area contributed by atoms with Crippen LogP contribution in [0.3, 0.4) is 0 Å². The molecule has 0 radical (unpaired) electrons. The summed E-state index contributed by atoms with van der Waals surface area (Å²) in [5, 5.41) is 3.84. The van der Waals surface area contributed by atoms with Gasteiger partial charge >= 0.3 is 0 Å². The Hall–Kier alpha value is -0.120. The Balaban J connectivity index is 1.78. The highest BCUT2D eigenvalue weighted by atomic mass is 16.5. The average molecular weight is 268 g/mol. The summed E-state index contributed by atoms with van der Waals surface area (Å²) in [6.07, 6.45) is 6.10. The highest BCUT2D eigenvalue weighted by Gasteiger charge is 2.34. The summed E-state index contributed by atoms with van der Waals surface area (Å²) >= 11 is 0. The first-order valence-electron chi connectivity index (χ1n) is 8.01. The van der Waals surface area contributed by atoms with Crippen LogP contribution in [0.5, 0.6) is 0 Å². The van der Waals surface area contributed by atoms with Gasteiger partial charge in [0.25, 0.3) is 0 Å². The highest BCUT2D eigenvalue weighted by Crippen LogP contribution is 2.31. The van der Waals surface area contributed by atoms with Crippen molar-refractivity contribution in [2.75, 3.05) is 33.3 Å². The van der Waals surface area contributed by atoms with Crippen molar-refractivity contribution in [3.63, 3.8) is 0 Å². The predicted octanol–water partition coefficient (Wildman–Crippen LogP) is 2.66. The minimum Gasteiger partial charge on any atom is -0.375 e. The number of piperidine rings is 1. The summed E-state index contributed by atoms with van der Waals surface area (Å²) in [4.78, 5) is 2.45. The van der Waals surface area contributed by atoms with Gasteiger partial charge in [0.15, 0.2) is 0 Å². The summed E-state index contributed by atoms with van der Waals surface area (Å²) < 4.78 is 5.93.